The van der Waals surface area contributed by atoms with Gasteiger partial charge in [-0.1, -0.05) is 78.0 Å². The van der Waals surface area contributed by atoms with E-state index in [0.29, 0.717) is 10.9 Å². The molecule has 11 heteroatoms. The predicted molar refractivity (Wildman–Crippen MR) is 186 cm³/mol. The maximum Gasteiger partial charge on any atom is 0.269 e. The molecule has 48 heavy (non-hydrogen) atoms. The number of aromatic nitrogens is 1. The van der Waals surface area contributed by atoms with Crippen molar-refractivity contribution in [3.63, 3.8) is 0 Å². The summed E-state index contributed by atoms with van der Waals surface area (Å²) in [4.78, 5) is 25.2. The maximum atomic E-state index is 14.8. The Bertz CT molecular complexity index is 2090. The highest BCUT2D eigenvalue weighted by atomic mass is 32.2. The maximum absolute atomic E-state index is 14.8. The molecule has 0 aliphatic carbocycles. The van der Waals surface area contributed by atoms with Crippen LogP contribution in [0, 0.1) is 25.6 Å². The molecule has 0 unspecified atom stereocenters. The third-order valence-corrected chi connectivity index (χ3v) is 9.98. The van der Waals surface area contributed by atoms with E-state index in [1.807, 2.05) is 41.5 Å². The largest absolute Gasteiger partial charge is 0.375 e. The van der Waals surface area contributed by atoms with Gasteiger partial charge in [0, 0.05) is 40.7 Å². The summed E-state index contributed by atoms with van der Waals surface area (Å²) in [5.74, 6) is 0. The van der Waals surface area contributed by atoms with Gasteiger partial charge < -0.3 is 10.1 Å². The number of nitro groups is 2. The van der Waals surface area contributed by atoms with E-state index in [4.69, 9.17) is 0 Å². The molecule has 0 aliphatic heterocycles. The monoisotopic (exact) mass is 667 g/mol. The van der Waals surface area contributed by atoms with Gasteiger partial charge >= 0.3 is 0 Å². The molecule has 0 fully saturated rings. The number of benzene rings is 4. The van der Waals surface area contributed by atoms with Gasteiger partial charge in [-0.05, 0) is 70.0 Å². The minimum absolute atomic E-state index is 0.0480. The van der Waals surface area contributed by atoms with Crippen molar-refractivity contribution < 1.29 is 23.4 Å². The molecule has 0 bridgehead atoms. The molecule has 10 nitrogen and oxygen atoms in total. The zero-order chi connectivity index (χ0) is 35.2. The van der Waals surface area contributed by atoms with Gasteiger partial charge in [-0.25, -0.2) is 8.42 Å². The number of non-ortho nitro benzene ring substituents is 2. The number of rotatable bonds is 8. The molecule has 0 atom stereocenters. The van der Waals surface area contributed by atoms with Gasteiger partial charge in [0.15, 0.2) is 5.60 Å². The average Bonchev–Trinajstić information content (AvgIpc) is 3.42. The lowest BCUT2D eigenvalue weighted by Crippen LogP contribution is -2.31. The Labute approximate surface area is 279 Å². The number of sulfone groups is 1. The van der Waals surface area contributed by atoms with Crippen molar-refractivity contribution in [2.75, 3.05) is 0 Å². The molecule has 248 valence electrons. The first-order valence-corrected chi connectivity index (χ1v) is 16.7. The number of hydrogen-bond donors (Lipinski definition) is 2. The van der Waals surface area contributed by atoms with Gasteiger partial charge in [0.1, 0.15) is 0 Å². The highest BCUT2D eigenvalue weighted by molar-refractivity contribution is 8.00. The molecule has 0 saturated carbocycles. The number of para-hydroxylation sites is 1. The Morgan fingerprint density at radius 2 is 1.17 bits per heavy atom. The third-order valence-electron chi connectivity index (χ3n) is 8.19. The van der Waals surface area contributed by atoms with Crippen LogP contribution >= 0.6 is 0 Å². The fraction of sp³-hybridized carbons (Fsp3) is 0.243. The van der Waals surface area contributed by atoms with Crippen molar-refractivity contribution in [3.8, 4) is 0 Å². The molecule has 0 spiro atoms. The highest BCUT2D eigenvalue weighted by Gasteiger charge is 2.42. The first kappa shape index (κ1) is 34.2. The first-order valence-electron chi connectivity index (χ1n) is 15.3. The van der Waals surface area contributed by atoms with Crippen LogP contribution < -0.4 is 0 Å². The van der Waals surface area contributed by atoms with E-state index in [1.54, 1.807) is 54.6 Å². The predicted octanol–water partition coefficient (Wildman–Crippen LogP) is 8.43. The molecule has 5 aromatic rings. The van der Waals surface area contributed by atoms with Crippen LogP contribution in [0.15, 0.2) is 108 Å². The molecular weight excluding hydrogens is 630 g/mol. The summed E-state index contributed by atoms with van der Waals surface area (Å²) in [6, 6.07) is 24.3. The van der Waals surface area contributed by atoms with Crippen LogP contribution in [0.5, 0.6) is 0 Å². The smallest absolute Gasteiger partial charge is 0.269 e. The van der Waals surface area contributed by atoms with Crippen LogP contribution in [-0.2, 0) is 20.9 Å². The lowest BCUT2D eigenvalue weighted by molar-refractivity contribution is -0.385. The standard InChI is InChI=1S/C37H37N3O7S/c1-35(2,3)23-32(48(46,47)29-21-15-24(16-22-29)36(4,5)6)33-30-9-7-8-10-31(30)38-34(33)37(41,25-11-17-27(18-12-25)39(42)43)26-13-19-28(20-14-26)40(44)45/h7-23,38,41H,1-6H3. The van der Waals surface area contributed by atoms with Crippen LogP contribution in [0.2, 0.25) is 0 Å². The molecule has 5 rings (SSSR count). The van der Waals surface area contributed by atoms with Crippen molar-refractivity contribution in [1.29, 1.82) is 0 Å². The van der Waals surface area contributed by atoms with Crippen molar-refractivity contribution in [1.82, 2.24) is 4.98 Å². The number of fused-ring (bicyclic) bond motifs is 1. The second-order valence-electron chi connectivity index (χ2n) is 13.9. The van der Waals surface area contributed by atoms with E-state index in [0.717, 1.165) is 5.56 Å². The molecule has 0 amide bonds. The fourth-order valence-electron chi connectivity index (χ4n) is 5.71. The highest BCUT2D eigenvalue weighted by Crippen LogP contribution is 2.46. The van der Waals surface area contributed by atoms with Crippen LogP contribution in [0.3, 0.4) is 0 Å². The number of nitrogens with one attached hydrogen (secondary N) is 1. The minimum atomic E-state index is -4.24. The molecule has 4 aromatic carbocycles. The summed E-state index contributed by atoms with van der Waals surface area (Å²) in [5.41, 5.74) is -1.30. The average molecular weight is 668 g/mol. The number of nitrogens with zero attached hydrogens (tertiary/aromatic N) is 2. The second kappa shape index (κ2) is 12.1. The zero-order valence-corrected chi connectivity index (χ0v) is 28.3. The first-order chi connectivity index (χ1) is 22.3. The fourth-order valence-corrected chi connectivity index (χ4v) is 7.45. The number of aliphatic hydroxyl groups is 1. The summed E-state index contributed by atoms with van der Waals surface area (Å²) in [5, 5.41) is 36.5. The van der Waals surface area contributed by atoms with Gasteiger partial charge in [-0.3, -0.25) is 20.2 Å². The summed E-state index contributed by atoms with van der Waals surface area (Å²) < 4.78 is 29.6. The van der Waals surface area contributed by atoms with E-state index in [2.05, 4.69) is 4.98 Å². The molecule has 0 aliphatic rings. The minimum Gasteiger partial charge on any atom is -0.375 e. The molecule has 2 N–H and O–H groups in total. The van der Waals surface area contributed by atoms with Gasteiger partial charge in [-0.15, -0.1) is 0 Å². The Kier molecular flexibility index (Phi) is 8.66. The van der Waals surface area contributed by atoms with E-state index in [9.17, 15) is 33.8 Å². The molecular formula is C37H37N3O7S. The lowest BCUT2D eigenvalue weighted by atomic mass is 9.81. The van der Waals surface area contributed by atoms with Gasteiger partial charge in [0.05, 0.1) is 25.3 Å². The lowest BCUT2D eigenvalue weighted by Gasteiger charge is -2.31. The molecule has 0 saturated heterocycles. The number of hydrogen-bond acceptors (Lipinski definition) is 7. The topological polar surface area (TPSA) is 156 Å². The molecule has 1 aromatic heterocycles. The van der Waals surface area contributed by atoms with Crippen LogP contribution in [-0.4, -0.2) is 28.4 Å². The summed E-state index contributed by atoms with van der Waals surface area (Å²) in [6.07, 6.45) is 1.66. The number of aromatic amines is 1. The van der Waals surface area contributed by atoms with Crippen LogP contribution in [0.1, 0.15) is 69.5 Å². The van der Waals surface area contributed by atoms with Gasteiger partial charge in [0.25, 0.3) is 11.4 Å². The Hall–Kier alpha value is -5.13. The van der Waals surface area contributed by atoms with Crippen molar-refractivity contribution >= 4 is 37.0 Å². The van der Waals surface area contributed by atoms with E-state index in [-0.39, 0.29) is 49.0 Å². The Morgan fingerprint density at radius 3 is 1.60 bits per heavy atom. The molecule has 0 radical (unpaired) electrons. The normalized spacial score (nSPS) is 13.1. The van der Waals surface area contributed by atoms with E-state index in [1.165, 1.54) is 48.5 Å². The Balaban J connectivity index is 1.88. The van der Waals surface area contributed by atoms with Crippen molar-refractivity contribution in [2.45, 2.75) is 57.5 Å². The SMILES string of the molecule is CC(C)(C)C=C(c1c(C(O)(c2ccc([N+](=O)[O-])cc2)c2ccc([N+](=O)[O-])cc2)[nH]c2ccccc12)S(=O)(=O)c1ccc(C(C)(C)C)cc1. The Morgan fingerprint density at radius 1 is 0.708 bits per heavy atom. The summed E-state index contributed by atoms with van der Waals surface area (Å²) in [7, 11) is -4.24. The molecule has 1 heterocycles. The van der Waals surface area contributed by atoms with E-state index < -0.39 is 30.7 Å². The zero-order valence-electron chi connectivity index (χ0n) is 27.5. The van der Waals surface area contributed by atoms with E-state index >= 15 is 0 Å². The summed E-state index contributed by atoms with van der Waals surface area (Å²) in [6.45, 7) is 11.7. The van der Waals surface area contributed by atoms with Gasteiger partial charge in [0.2, 0.25) is 9.84 Å². The van der Waals surface area contributed by atoms with Crippen LogP contribution in [0.25, 0.3) is 15.8 Å². The quantitative estimate of drug-likeness (QED) is 0.124. The van der Waals surface area contributed by atoms with Gasteiger partial charge in [-0.2, -0.15) is 0 Å². The second-order valence-corrected chi connectivity index (χ2v) is 15.8. The van der Waals surface area contributed by atoms with Crippen molar-refractivity contribution in [2.24, 2.45) is 5.41 Å². The number of nitro benzene ring substituents is 2. The third kappa shape index (κ3) is 6.39. The number of H-pyrrole nitrogens is 1. The van der Waals surface area contributed by atoms with Crippen molar-refractivity contribution in [3.05, 3.63) is 151 Å². The summed E-state index contributed by atoms with van der Waals surface area (Å²) >= 11 is 0. The number of allylic oxidation sites excluding steroid dienone is 1. The van der Waals surface area contributed by atoms with Crippen LogP contribution in [0.4, 0.5) is 11.4 Å².